The van der Waals surface area contributed by atoms with E-state index in [4.69, 9.17) is 14.9 Å². The van der Waals surface area contributed by atoms with E-state index in [9.17, 15) is 18.1 Å². The normalized spacial score (nSPS) is 15.2. The molecule has 0 spiro atoms. The molecule has 0 bridgehead atoms. The van der Waals surface area contributed by atoms with Crippen molar-refractivity contribution in [1.29, 1.82) is 0 Å². The first-order chi connectivity index (χ1) is 20.2. The summed E-state index contributed by atoms with van der Waals surface area (Å²) in [5.74, 6) is -0.410. The van der Waals surface area contributed by atoms with Gasteiger partial charge in [-0.3, -0.25) is 14.0 Å². The Hall–Kier alpha value is -4.15. The summed E-state index contributed by atoms with van der Waals surface area (Å²) in [4.78, 5) is 26.3. The highest BCUT2D eigenvalue weighted by molar-refractivity contribution is 7.90. The molecule has 1 fully saturated rings. The van der Waals surface area contributed by atoms with Gasteiger partial charge in [0.2, 0.25) is 11.8 Å². The number of imidazole rings is 1. The van der Waals surface area contributed by atoms with Gasteiger partial charge in [0.1, 0.15) is 23.7 Å². The number of furan rings is 1. The predicted molar refractivity (Wildman–Crippen MR) is 153 cm³/mol. The Kier molecular flexibility index (Phi) is 7.51. The lowest BCUT2D eigenvalue weighted by molar-refractivity contribution is 0.247. The van der Waals surface area contributed by atoms with Crippen LogP contribution in [0.1, 0.15) is 0 Å². The van der Waals surface area contributed by atoms with Gasteiger partial charge in [-0.25, -0.2) is 18.6 Å². The molecule has 0 aliphatic carbocycles. The number of halogens is 2. The van der Waals surface area contributed by atoms with Crippen molar-refractivity contribution in [2.24, 2.45) is 7.05 Å². The van der Waals surface area contributed by atoms with Crippen LogP contribution in [0.25, 0.3) is 28.4 Å². The average Bonchev–Trinajstić information content (AvgIpc) is 3.69. The molecule has 1 atom stereocenters. The Labute approximate surface area is 241 Å². The molecule has 13 nitrogen and oxygen atoms in total. The summed E-state index contributed by atoms with van der Waals surface area (Å²) >= 11 is -1.08. The highest BCUT2D eigenvalue weighted by Crippen LogP contribution is 2.29. The summed E-state index contributed by atoms with van der Waals surface area (Å²) in [5, 5.41) is 4.39. The molecule has 0 radical (unpaired) electrons. The number of rotatable bonds is 9. The molecular formula is C26H29F2N9O4S. The van der Waals surface area contributed by atoms with E-state index in [0.29, 0.717) is 67.7 Å². The Morgan fingerprint density at radius 1 is 1.12 bits per heavy atom. The number of nitrogen functional groups attached to an aromatic ring is 1. The summed E-state index contributed by atoms with van der Waals surface area (Å²) in [5.41, 5.74) is 7.48. The molecule has 222 valence electrons. The Morgan fingerprint density at radius 3 is 2.62 bits per heavy atom. The van der Waals surface area contributed by atoms with Crippen molar-refractivity contribution in [3.8, 4) is 17.3 Å². The van der Waals surface area contributed by atoms with Crippen LogP contribution in [0.4, 0.5) is 20.4 Å². The fraction of sp³-hybridized carbons (Fsp3) is 0.385. The number of nitrogens with zero attached hydrogens (tertiary/aromatic N) is 8. The zero-order valence-electron chi connectivity index (χ0n) is 23.0. The van der Waals surface area contributed by atoms with Crippen LogP contribution in [0.3, 0.4) is 0 Å². The molecule has 1 aliphatic rings. The minimum absolute atomic E-state index is 0.0700. The number of hydrogen-bond acceptors (Lipinski definition) is 10. The van der Waals surface area contributed by atoms with Gasteiger partial charge in [-0.15, -0.1) is 5.10 Å². The maximum absolute atomic E-state index is 14.7. The zero-order chi connectivity index (χ0) is 29.5. The molecule has 1 aliphatic heterocycles. The van der Waals surface area contributed by atoms with Crippen LogP contribution in [-0.4, -0.2) is 89.5 Å². The first-order valence-electron chi connectivity index (χ1n) is 13.3. The van der Waals surface area contributed by atoms with Crippen LogP contribution >= 0.6 is 0 Å². The van der Waals surface area contributed by atoms with Gasteiger partial charge < -0.3 is 24.3 Å². The number of anilines is 2. The number of aryl methyl sites for hydroxylation is 1. The molecule has 42 heavy (non-hydrogen) atoms. The molecule has 4 aromatic heterocycles. The monoisotopic (exact) mass is 601 g/mol. The van der Waals surface area contributed by atoms with Crippen LogP contribution in [0.2, 0.25) is 0 Å². The van der Waals surface area contributed by atoms with E-state index in [0.717, 1.165) is 6.07 Å². The van der Waals surface area contributed by atoms with Crippen molar-refractivity contribution >= 4 is 39.6 Å². The molecule has 6 rings (SSSR count). The summed E-state index contributed by atoms with van der Waals surface area (Å²) < 4.78 is 55.4. The van der Waals surface area contributed by atoms with E-state index in [1.807, 2.05) is 4.90 Å². The second-order valence-corrected chi connectivity index (χ2v) is 11.5. The summed E-state index contributed by atoms with van der Waals surface area (Å²) in [6.45, 7) is 3.13. The number of hydrogen-bond donors (Lipinski definition) is 1. The third kappa shape index (κ3) is 5.16. The molecule has 5 aromatic rings. The van der Waals surface area contributed by atoms with Gasteiger partial charge in [0.25, 0.3) is 0 Å². The van der Waals surface area contributed by atoms with Gasteiger partial charge in [0.05, 0.1) is 18.2 Å². The Bertz CT molecular complexity index is 1790. The van der Waals surface area contributed by atoms with Crippen LogP contribution in [0.5, 0.6) is 5.75 Å². The SMILES string of the molecule is Cn1c(=O)n(CCN2CCN(c3cc(OCC[S@+](C)[O-])c(F)cc3F)CC2)c2nc(N)n3nc(-c4ccco4)nc3c21. The highest BCUT2D eigenvalue weighted by atomic mass is 32.2. The lowest BCUT2D eigenvalue weighted by Crippen LogP contribution is -2.47. The maximum atomic E-state index is 14.7. The molecule has 0 amide bonds. The standard InChI is InChI=1S/C26H29F2N9O4S/c1-33-21-23(31-25(29)37-24(21)30-22(32-37)19-4-3-11-40-19)36(26(33)38)10-7-34-5-8-35(9-6-34)18-15-20(17(28)14-16(18)27)41-12-13-42(2)39/h3-4,11,14-15H,5-10,12-13H2,1-2H3,(H2,29,31)/t42-/m0/s1. The first kappa shape index (κ1) is 28.0. The quantitative estimate of drug-likeness (QED) is 0.246. The molecule has 1 aromatic carbocycles. The highest BCUT2D eigenvalue weighted by Gasteiger charge is 2.24. The van der Waals surface area contributed by atoms with Crippen molar-refractivity contribution in [3.05, 3.63) is 52.6 Å². The fourth-order valence-electron chi connectivity index (χ4n) is 5.10. The molecular weight excluding hydrogens is 572 g/mol. The number of nitrogens with two attached hydrogens (primary N) is 1. The van der Waals surface area contributed by atoms with Crippen molar-refractivity contribution in [2.45, 2.75) is 6.54 Å². The van der Waals surface area contributed by atoms with Gasteiger partial charge in [-0.05, 0) is 12.1 Å². The van der Waals surface area contributed by atoms with Gasteiger partial charge in [0, 0.05) is 58.4 Å². The first-order valence-corrected chi connectivity index (χ1v) is 15.0. The molecule has 2 N–H and O–H groups in total. The zero-order valence-corrected chi connectivity index (χ0v) is 23.8. The van der Waals surface area contributed by atoms with E-state index in [1.165, 1.54) is 27.7 Å². The number of piperazine rings is 1. The maximum Gasteiger partial charge on any atom is 0.330 e. The van der Waals surface area contributed by atoms with Crippen molar-refractivity contribution in [3.63, 3.8) is 0 Å². The van der Waals surface area contributed by atoms with Gasteiger partial charge in [0.15, 0.2) is 28.6 Å². The van der Waals surface area contributed by atoms with E-state index in [-0.39, 0.29) is 35.4 Å². The Morgan fingerprint density at radius 2 is 1.90 bits per heavy atom. The van der Waals surface area contributed by atoms with Gasteiger partial charge >= 0.3 is 5.69 Å². The molecule has 0 saturated carbocycles. The van der Waals surface area contributed by atoms with Crippen molar-refractivity contribution in [2.75, 3.05) is 62.0 Å². The average molecular weight is 602 g/mol. The lowest BCUT2D eigenvalue weighted by atomic mass is 10.2. The van der Waals surface area contributed by atoms with E-state index < -0.39 is 22.8 Å². The van der Waals surface area contributed by atoms with E-state index in [1.54, 1.807) is 23.7 Å². The second kappa shape index (κ2) is 11.3. The number of fused-ring (bicyclic) bond motifs is 3. The van der Waals surface area contributed by atoms with Crippen LogP contribution in [0.15, 0.2) is 39.7 Å². The van der Waals surface area contributed by atoms with Gasteiger partial charge in [-0.1, -0.05) is 11.2 Å². The molecule has 16 heteroatoms. The molecule has 5 heterocycles. The van der Waals surface area contributed by atoms with Crippen molar-refractivity contribution < 1.29 is 22.5 Å². The van der Waals surface area contributed by atoms with Crippen molar-refractivity contribution in [1.82, 2.24) is 33.6 Å². The van der Waals surface area contributed by atoms with Crippen LogP contribution in [-0.2, 0) is 24.8 Å². The smallest absolute Gasteiger partial charge is 0.330 e. The van der Waals surface area contributed by atoms with Crippen LogP contribution in [0, 0.1) is 11.6 Å². The minimum atomic E-state index is -1.08. The number of aromatic nitrogens is 6. The van der Waals surface area contributed by atoms with Crippen LogP contribution < -0.4 is 21.1 Å². The van der Waals surface area contributed by atoms with E-state index >= 15 is 0 Å². The summed E-state index contributed by atoms with van der Waals surface area (Å²) in [7, 11) is 1.65. The molecule has 0 unspecified atom stereocenters. The summed E-state index contributed by atoms with van der Waals surface area (Å²) in [6, 6.07) is 5.63. The summed E-state index contributed by atoms with van der Waals surface area (Å²) in [6.07, 6.45) is 3.05. The third-order valence-electron chi connectivity index (χ3n) is 7.30. The lowest BCUT2D eigenvalue weighted by Gasteiger charge is -2.36. The molecule has 1 saturated heterocycles. The minimum Gasteiger partial charge on any atom is -0.616 e. The third-order valence-corrected chi connectivity index (χ3v) is 8.04. The van der Waals surface area contributed by atoms with Gasteiger partial charge in [-0.2, -0.15) is 9.50 Å². The number of ether oxygens (including phenoxy) is 1. The largest absolute Gasteiger partial charge is 0.616 e. The van der Waals surface area contributed by atoms with E-state index in [2.05, 4.69) is 20.0 Å². The fourth-order valence-corrected chi connectivity index (χ4v) is 5.41. The predicted octanol–water partition coefficient (Wildman–Crippen LogP) is 1.48. The topological polar surface area (TPSA) is 148 Å². The second-order valence-electron chi connectivity index (χ2n) is 9.97. The number of benzene rings is 1. The Balaban J connectivity index is 1.16.